The van der Waals surface area contributed by atoms with Crippen molar-refractivity contribution < 1.29 is 13.6 Å². The van der Waals surface area contributed by atoms with Gasteiger partial charge in [-0.15, -0.1) is 0 Å². The predicted molar refractivity (Wildman–Crippen MR) is 53.0 cm³/mol. The van der Waals surface area contributed by atoms with Crippen LogP contribution >= 0.6 is 11.6 Å². The Morgan fingerprint density at radius 2 is 2.44 bits per heavy atom. The number of aromatic nitrogens is 1. The van der Waals surface area contributed by atoms with Crippen molar-refractivity contribution in [1.82, 2.24) is 10.5 Å². The van der Waals surface area contributed by atoms with Crippen LogP contribution in [-0.4, -0.2) is 17.8 Å². The van der Waals surface area contributed by atoms with Crippen LogP contribution in [0.5, 0.6) is 0 Å². The molecule has 6 heteroatoms. The number of pyridine rings is 1. The van der Waals surface area contributed by atoms with Gasteiger partial charge >= 0.3 is 0 Å². The van der Waals surface area contributed by atoms with Crippen molar-refractivity contribution in [2.24, 2.45) is 5.92 Å². The number of rotatable bonds is 2. The van der Waals surface area contributed by atoms with E-state index in [-0.39, 0.29) is 22.9 Å². The van der Waals surface area contributed by atoms with E-state index >= 15 is 0 Å². The van der Waals surface area contributed by atoms with Crippen LogP contribution in [0.25, 0.3) is 0 Å². The highest BCUT2D eigenvalue weighted by Gasteiger charge is 2.62. The number of nitrogens with zero attached hydrogens (tertiary/aromatic N) is 1. The predicted octanol–water partition coefficient (Wildman–Crippen LogP) is 1.96. The third kappa shape index (κ3) is 1.28. The molecule has 2 fully saturated rings. The maximum absolute atomic E-state index is 13.7. The fourth-order valence-corrected chi connectivity index (χ4v) is 2.37. The first-order valence-electron chi connectivity index (χ1n) is 4.99. The van der Waals surface area contributed by atoms with Crippen LogP contribution in [0.2, 0.25) is 5.15 Å². The molecule has 3 nitrogen and oxygen atoms in total. The zero-order chi connectivity index (χ0) is 11.3. The minimum absolute atomic E-state index is 0.00694. The number of halogens is 3. The molecule has 86 valence electrons. The fourth-order valence-electron chi connectivity index (χ4n) is 2.22. The number of hydrogen-bond donors (Lipinski definition) is 1. The van der Waals surface area contributed by atoms with Crippen molar-refractivity contribution in [2.45, 2.75) is 18.1 Å². The Kier molecular flexibility index (Phi) is 2.18. The van der Waals surface area contributed by atoms with Crippen LogP contribution in [0.1, 0.15) is 12.1 Å². The van der Waals surface area contributed by atoms with Crippen molar-refractivity contribution >= 4 is 11.6 Å². The lowest BCUT2D eigenvalue weighted by atomic mass is 9.91. The molecule has 1 aromatic heterocycles. The standard InChI is InChI=1S/C10H9ClF2N2O/c11-8-2-1-6(13)9(14-8)10(4-12)5-3-7(5)16-15-10/h1-2,5,7,15H,3-4H2/t5-,7+,10-/m0/s1. The average molecular weight is 247 g/mol. The molecule has 1 saturated carbocycles. The molecule has 2 heterocycles. The van der Waals surface area contributed by atoms with Gasteiger partial charge in [0.1, 0.15) is 28.9 Å². The number of hydrogen-bond acceptors (Lipinski definition) is 3. The van der Waals surface area contributed by atoms with E-state index in [0.717, 1.165) is 6.42 Å². The SMILES string of the molecule is FC[C@]1(c2nc(Cl)ccc2F)NO[C@@H]2C[C@@H]21. The molecule has 1 aromatic rings. The second-order valence-corrected chi connectivity index (χ2v) is 4.56. The second kappa shape index (κ2) is 3.35. The number of hydroxylamine groups is 1. The quantitative estimate of drug-likeness (QED) is 0.810. The smallest absolute Gasteiger partial charge is 0.146 e. The molecule has 2 aliphatic rings. The molecule has 1 aliphatic carbocycles. The topological polar surface area (TPSA) is 34.2 Å². The number of alkyl halides is 1. The zero-order valence-corrected chi connectivity index (χ0v) is 8.97. The maximum atomic E-state index is 13.7. The van der Waals surface area contributed by atoms with Gasteiger partial charge in [0.2, 0.25) is 0 Å². The molecule has 0 unspecified atom stereocenters. The van der Waals surface area contributed by atoms with Gasteiger partial charge in [0.25, 0.3) is 0 Å². The maximum Gasteiger partial charge on any atom is 0.146 e. The Morgan fingerprint density at radius 3 is 3.00 bits per heavy atom. The summed E-state index contributed by atoms with van der Waals surface area (Å²) in [4.78, 5) is 9.03. The summed E-state index contributed by atoms with van der Waals surface area (Å²) in [6, 6.07) is 2.53. The minimum Gasteiger partial charge on any atom is -0.297 e. The summed E-state index contributed by atoms with van der Waals surface area (Å²) < 4.78 is 26.9. The Bertz CT molecular complexity index is 445. The molecular formula is C10H9ClF2N2O. The van der Waals surface area contributed by atoms with E-state index in [1.54, 1.807) is 0 Å². The van der Waals surface area contributed by atoms with Crippen LogP contribution in [0.15, 0.2) is 12.1 Å². The van der Waals surface area contributed by atoms with E-state index in [1.165, 1.54) is 12.1 Å². The Balaban J connectivity index is 2.09. The largest absolute Gasteiger partial charge is 0.297 e. The van der Waals surface area contributed by atoms with Crippen LogP contribution < -0.4 is 5.48 Å². The third-order valence-electron chi connectivity index (χ3n) is 3.20. The van der Waals surface area contributed by atoms with E-state index in [9.17, 15) is 8.78 Å². The van der Waals surface area contributed by atoms with Crippen LogP contribution in [0, 0.1) is 11.7 Å². The van der Waals surface area contributed by atoms with Gasteiger partial charge in [-0.05, 0) is 18.6 Å². The van der Waals surface area contributed by atoms with Gasteiger partial charge in [-0.25, -0.2) is 13.8 Å². The van der Waals surface area contributed by atoms with Crippen molar-refractivity contribution in [1.29, 1.82) is 0 Å². The van der Waals surface area contributed by atoms with Crippen molar-refractivity contribution in [2.75, 3.05) is 6.67 Å². The van der Waals surface area contributed by atoms with Gasteiger partial charge in [-0.1, -0.05) is 11.6 Å². The van der Waals surface area contributed by atoms with E-state index in [2.05, 4.69) is 10.5 Å². The first kappa shape index (κ1) is 10.4. The highest BCUT2D eigenvalue weighted by Crippen LogP contribution is 2.52. The highest BCUT2D eigenvalue weighted by atomic mass is 35.5. The van der Waals surface area contributed by atoms with E-state index in [4.69, 9.17) is 16.4 Å². The monoisotopic (exact) mass is 246 g/mol. The second-order valence-electron chi connectivity index (χ2n) is 4.17. The van der Waals surface area contributed by atoms with Crippen molar-refractivity contribution in [3.05, 3.63) is 28.8 Å². The Labute approximate surface area is 95.7 Å². The summed E-state index contributed by atoms with van der Waals surface area (Å²) in [5.74, 6) is -0.622. The van der Waals surface area contributed by atoms with Gasteiger partial charge in [-0.3, -0.25) is 4.84 Å². The van der Waals surface area contributed by atoms with Crippen molar-refractivity contribution in [3.63, 3.8) is 0 Å². The average Bonchev–Trinajstić information content (AvgIpc) is 2.98. The van der Waals surface area contributed by atoms with Gasteiger partial charge in [0.05, 0.1) is 6.10 Å². The lowest BCUT2D eigenvalue weighted by molar-refractivity contribution is 0.00569. The van der Waals surface area contributed by atoms with Gasteiger partial charge < -0.3 is 0 Å². The summed E-state index contributed by atoms with van der Waals surface area (Å²) in [6.45, 7) is -0.765. The van der Waals surface area contributed by atoms with Gasteiger partial charge in [0.15, 0.2) is 0 Å². The normalized spacial score (nSPS) is 36.2. The molecule has 3 rings (SSSR count). The molecule has 1 N–H and O–H groups in total. The fraction of sp³-hybridized carbons (Fsp3) is 0.500. The molecule has 1 saturated heterocycles. The summed E-state index contributed by atoms with van der Waals surface area (Å²) in [5, 5.41) is 0.148. The third-order valence-corrected chi connectivity index (χ3v) is 3.41. The first-order valence-corrected chi connectivity index (χ1v) is 5.36. The molecule has 1 aliphatic heterocycles. The summed E-state index contributed by atoms with van der Waals surface area (Å²) in [7, 11) is 0. The minimum atomic E-state index is -1.17. The van der Waals surface area contributed by atoms with Gasteiger partial charge in [0, 0.05) is 5.92 Å². The first-order chi connectivity index (χ1) is 7.67. The lowest BCUT2D eigenvalue weighted by Gasteiger charge is -2.26. The molecule has 0 radical (unpaired) electrons. The van der Waals surface area contributed by atoms with Crippen molar-refractivity contribution in [3.8, 4) is 0 Å². The Morgan fingerprint density at radius 1 is 1.62 bits per heavy atom. The molecule has 0 bridgehead atoms. The number of nitrogens with one attached hydrogen (secondary N) is 1. The van der Waals surface area contributed by atoms with Crippen LogP contribution in [0.3, 0.4) is 0 Å². The molecule has 3 atom stereocenters. The number of fused-ring (bicyclic) bond motifs is 1. The van der Waals surface area contributed by atoms with Crippen LogP contribution in [-0.2, 0) is 10.4 Å². The highest BCUT2D eigenvalue weighted by molar-refractivity contribution is 6.29. The molecule has 0 spiro atoms. The summed E-state index contributed by atoms with van der Waals surface area (Å²) >= 11 is 5.71. The zero-order valence-electron chi connectivity index (χ0n) is 8.21. The van der Waals surface area contributed by atoms with Crippen LogP contribution in [0.4, 0.5) is 8.78 Å². The molecular weight excluding hydrogens is 238 g/mol. The summed E-state index contributed by atoms with van der Waals surface area (Å²) in [5.41, 5.74) is 1.41. The van der Waals surface area contributed by atoms with Gasteiger partial charge in [-0.2, -0.15) is 5.48 Å². The Hall–Kier alpha value is -0.780. The van der Waals surface area contributed by atoms with E-state index < -0.39 is 18.0 Å². The molecule has 0 aromatic carbocycles. The molecule has 0 amide bonds. The van der Waals surface area contributed by atoms with E-state index in [0.29, 0.717) is 0 Å². The molecule has 16 heavy (non-hydrogen) atoms. The van der Waals surface area contributed by atoms with E-state index in [1.807, 2.05) is 0 Å². The lowest BCUT2D eigenvalue weighted by Crippen LogP contribution is -2.43. The summed E-state index contributed by atoms with van der Waals surface area (Å²) in [6.07, 6.45) is 0.695.